The summed E-state index contributed by atoms with van der Waals surface area (Å²) in [4.78, 5) is 1.90. The molecule has 0 amide bonds. The molecule has 2 aliphatic heterocycles. The van der Waals surface area contributed by atoms with E-state index in [1.165, 1.54) is 11.8 Å². The van der Waals surface area contributed by atoms with Crippen molar-refractivity contribution in [3.63, 3.8) is 0 Å². The quantitative estimate of drug-likeness (QED) is 0.799. The van der Waals surface area contributed by atoms with Gasteiger partial charge in [0.15, 0.2) is 5.17 Å². The summed E-state index contributed by atoms with van der Waals surface area (Å²) < 4.78 is 26.6. The fraction of sp³-hybridized carbons (Fsp3) is 0.182. The van der Waals surface area contributed by atoms with E-state index >= 15 is 0 Å². The van der Waals surface area contributed by atoms with Gasteiger partial charge in [-0.2, -0.15) is 0 Å². The monoisotopic (exact) mass is 300 g/mol. The maximum Gasteiger partial charge on any atom is 0.257 e. The van der Waals surface area contributed by atoms with Crippen molar-refractivity contribution in [1.82, 2.24) is 4.90 Å². The summed E-state index contributed by atoms with van der Waals surface area (Å²) in [6.07, 6.45) is 0. The number of benzene rings is 1. The lowest BCUT2D eigenvalue weighted by Gasteiger charge is -2.25. The lowest BCUT2D eigenvalue weighted by atomic mass is 10.1. The van der Waals surface area contributed by atoms with E-state index in [9.17, 15) is 8.42 Å². The Morgan fingerprint density at radius 2 is 2.11 bits per heavy atom. The number of thioether (sulfide) groups is 1. The minimum atomic E-state index is -3.29. The number of halogens is 1. The molecule has 0 unspecified atom stereocenters. The second-order valence-electron chi connectivity index (χ2n) is 3.91. The molecule has 0 fully saturated rings. The van der Waals surface area contributed by atoms with Crippen molar-refractivity contribution in [2.75, 3.05) is 12.3 Å². The standard InChI is InChI=1S/C11H9ClN2O2S2/c12-9-4-2-1-3-8(9)10-7-17-11-13-18(15,16)6-5-14(10)11/h1-4,7H,5-6H2. The van der Waals surface area contributed by atoms with E-state index in [1.807, 2.05) is 34.6 Å². The van der Waals surface area contributed by atoms with Crippen LogP contribution in [0.1, 0.15) is 5.56 Å². The van der Waals surface area contributed by atoms with E-state index in [0.29, 0.717) is 16.7 Å². The third-order valence-corrected chi connectivity index (χ3v) is 5.20. The predicted molar refractivity (Wildman–Crippen MR) is 74.9 cm³/mol. The lowest BCUT2D eigenvalue weighted by Crippen LogP contribution is -2.34. The van der Waals surface area contributed by atoms with Crippen LogP contribution in [-0.2, 0) is 10.0 Å². The third kappa shape index (κ3) is 2.04. The van der Waals surface area contributed by atoms with Crippen LogP contribution in [0.2, 0.25) is 5.02 Å². The molecular formula is C11H9ClN2O2S2. The molecule has 0 aliphatic carbocycles. The number of hydrogen-bond donors (Lipinski definition) is 0. The van der Waals surface area contributed by atoms with Gasteiger partial charge in [-0.1, -0.05) is 41.6 Å². The molecule has 0 radical (unpaired) electrons. The molecule has 18 heavy (non-hydrogen) atoms. The first-order chi connectivity index (χ1) is 8.57. The van der Waals surface area contributed by atoms with Crippen LogP contribution in [0.15, 0.2) is 34.1 Å². The van der Waals surface area contributed by atoms with Crippen molar-refractivity contribution in [1.29, 1.82) is 0 Å². The van der Waals surface area contributed by atoms with Gasteiger partial charge in [0.25, 0.3) is 10.0 Å². The average molecular weight is 301 g/mol. The summed E-state index contributed by atoms with van der Waals surface area (Å²) in [6.45, 7) is 0.422. The highest BCUT2D eigenvalue weighted by Gasteiger charge is 2.31. The predicted octanol–water partition coefficient (Wildman–Crippen LogP) is 2.39. The number of fused-ring (bicyclic) bond motifs is 1. The van der Waals surface area contributed by atoms with Gasteiger partial charge in [-0.3, -0.25) is 0 Å². The number of sulfonamides is 1. The number of nitrogens with zero attached hydrogens (tertiary/aromatic N) is 2. The van der Waals surface area contributed by atoms with Gasteiger partial charge in [-0.25, -0.2) is 8.42 Å². The van der Waals surface area contributed by atoms with E-state index < -0.39 is 10.0 Å². The van der Waals surface area contributed by atoms with Crippen molar-refractivity contribution >= 4 is 44.3 Å². The van der Waals surface area contributed by atoms with Crippen molar-refractivity contribution < 1.29 is 8.42 Å². The summed E-state index contributed by atoms with van der Waals surface area (Å²) in [5, 5.41) is 3.05. The molecule has 3 rings (SSSR count). The van der Waals surface area contributed by atoms with Crippen LogP contribution in [0.3, 0.4) is 0 Å². The minimum Gasteiger partial charge on any atom is -0.318 e. The van der Waals surface area contributed by atoms with Gasteiger partial charge < -0.3 is 4.90 Å². The zero-order chi connectivity index (χ0) is 12.8. The number of amidine groups is 1. The molecule has 0 saturated heterocycles. The van der Waals surface area contributed by atoms with Crippen LogP contribution in [0.25, 0.3) is 5.70 Å². The molecule has 0 bridgehead atoms. The summed E-state index contributed by atoms with van der Waals surface area (Å²) in [5.74, 6) is 0.0405. The smallest absolute Gasteiger partial charge is 0.257 e. The Morgan fingerprint density at radius 3 is 2.89 bits per heavy atom. The van der Waals surface area contributed by atoms with E-state index in [0.717, 1.165) is 11.3 Å². The van der Waals surface area contributed by atoms with Crippen LogP contribution in [0, 0.1) is 0 Å². The Hall–Kier alpha value is -0.980. The molecule has 1 aromatic rings. The van der Waals surface area contributed by atoms with Gasteiger partial charge in [0.1, 0.15) is 0 Å². The topological polar surface area (TPSA) is 49.7 Å². The molecule has 0 aromatic heterocycles. The summed E-state index contributed by atoms with van der Waals surface area (Å²) in [6, 6.07) is 7.51. The fourth-order valence-electron chi connectivity index (χ4n) is 1.87. The molecule has 1 aromatic carbocycles. The van der Waals surface area contributed by atoms with E-state index in [-0.39, 0.29) is 5.75 Å². The van der Waals surface area contributed by atoms with Crippen LogP contribution in [0.4, 0.5) is 0 Å². The van der Waals surface area contributed by atoms with Crippen molar-refractivity contribution in [2.24, 2.45) is 4.40 Å². The Balaban J connectivity index is 2.02. The molecular weight excluding hydrogens is 292 g/mol. The highest BCUT2D eigenvalue weighted by Crippen LogP contribution is 2.37. The third-order valence-electron chi connectivity index (χ3n) is 2.74. The molecule has 2 aliphatic rings. The first-order valence-corrected chi connectivity index (χ1v) is 8.15. The van der Waals surface area contributed by atoms with Crippen molar-refractivity contribution in [3.05, 3.63) is 40.3 Å². The van der Waals surface area contributed by atoms with Gasteiger partial charge in [-0.15, -0.1) is 4.40 Å². The summed E-state index contributed by atoms with van der Waals surface area (Å²) >= 11 is 7.47. The molecule has 7 heteroatoms. The zero-order valence-electron chi connectivity index (χ0n) is 9.21. The maximum atomic E-state index is 11.4. The lowest BCUT2D eigenvalue weighted by molar-refractivity contribution is 0.567. The Morgan fingerprint density at radius 1 is 1.33 bits per heavy atom. The van der Waals surface area contributed by atoms with Crippen molar-refractivity contribution in [2.45, 2.75) is 0 Å². The normalized spacial score (nSPS) is 21.3. The average Bonchev–Trinajstić information content (AvgIpc) is 2.71. The van der Waals surface area contributed by atoms with Crippen LogP contribution < -0.4 is 0 Å². The highest BCUT2D eigenvalue weighted by molar-refractivity contribution is 8.17. The Labute approximate surface area is 114 Å². The van der Waals surface area contributed by atoms with Gasteiger partial charge in [-0.05, 0) is 6.07 Å². The molecule has 2 heterocycles. The number of rotatable bonds is 1. The number of hydrogen-bond acceptors (Lipinski definition) is 4. The van der Waals surface area contributed by atoms with Gasteiger partial charge in [0, 0.05) is 22.5 Å². The first-order valence-electron chi connectivity index (χ1n) is 5.29. The van der Waals surface area contributed by atoms with E-state index in [2.05, 4.69) is 4.40 Å². The molecule has 0 atom stereocenters. The molecule has 4 nitrogen and oxygen atoms in total. The maximum absolute atomic E-state index is 11.4. The highest BCUT2D eigenvalue weighted by atomic mass is 35.5. The van der Waals surface area contributed by atoms with E-state index in [4.69, 9.17) is 11.6 Å². The molecule has 0 N–H and O–H groups in total. The Kier molecular flexibility index (Phi) is 2.88. The molecule has 0 saturated carbocycles. The van der Waals surface area contributed by atoms with E-state index in [1.54, 1.807) is 0 Å². The first kappa shape index (κ1) is 12.1. The zero-order valence-corrected chi connectivity index (χ0v) is 11.6. The van der Waals surface area contributed by atoms with Gasteiger partial charge in [0.2, 0.25) is 0 Å². The van der Waals surface area contributed by atoms with Gasteiger partial charge >= 0.3 is 0 Å². The summed E-state index contributed by atoms with van der Waals surface area (Å²) in [5.41, 5.74) is 1.82. The van der Waals surface area contributed by atoms with Crippen molar-refractivity contribution in [3.8, 4) is 0 Å². The van der Waals surface area contributed by atoms with Crippen LogP contribution >= 0.6 is 23.4 Å². The van der Waals surface area contributed by atoms with Gasteiger partial charge in [0.05, 0.1) is 11.4 Å². The van der Waals surface area contributed by atoms with Crippen LogP contribution in [0.5, 0.6) is 0 Å². The fourth-order valence-corrected chi connectivity index (χ4v) is 4.25. The second-order valence-corrected chi connectivity index (χ2v) is 6.91. The molecule has 94 valence electrons. The second kappa shape index (κ2) is 4.29. The largest absolute Gasteiger partial charge is 0.318 e. The van der Waals surface area contributed by atoms with Crippen LogP contribution in [-0.4, -0.2) is 30.8 Å². The summed E-state index contributed by atoms with van der Waals surface area (Å²) in [7, 11) is -3.29. The Bertz CT molecular complexity index is 667. The minimum absolute atomic E-state index is 0.0405. The molecule has 0 spiro atoms. The SMILES string of the molecule is O=S1(=O)CCN2C(c3ccccc3Cl)=CSC2=N1.